The van der Waals surface area contributed by atoms with Crippen LogP contribution >= 0.6 is 0 Å². The number of aromatic nitrogens is 1. The van der Waals surface area contributed by atoms with E-state index in [1.54, 1.807) is 12.3 Å². The Labute approximate surface area is 159 Å². The third-order valence-electron chi connectivity index (χ3n) is 3.80. The molecule has 27 heavy (non-hydrogen) atoms. The van der Waals surface area contributed by atoms with Gasteiger partial charge in [-0.05, 0) is 42.3 Å². The maximum Gasteiger partial charge on any atom is 0.269 e. The normalized spacial score (nSPS) is 10.5. The Bertz CT molecular complexity index is 895. The number of pyridine rings is 1. The Morgan fingerprint density at radius 2 is 1.78 bits per heavy atom. The summed E-state index contributed by atoms with van der Waals surface area (Å²) >= 11 is 0. The molecule has 1 aromatic heterocycles. The van der Waals surface area contributed by atoms with Crippen LogP contribution in [0.15, 0.2) is 72.9 Å². The van der Waals surface area contributed by atoms with Gasteiger partial charge < -0.3 is 15.4 Å². The summed E-state index contributed by atoms with van der Waals surface area (Å²) in [6, 6.07) is 20.8. The summed E-state index contributed by atoms with van der Waals surface area (Å²) in [4.78, 5) is 16.4. The maximum absolute atomic E-state index is 12.2. The van der Waals surface area contributed by atoms with E-state index in [9.17, 15) is 4.79 Å². The molecule has 0 bridgehead atoms. The Morgan fingerprint density at radius 3 is 2.56 bits per heavy atom. The Kier molecular flexibility index (Phi) is 6.05. The lowest BCUT2D eigenvalue weighted by atomic mass is 10.2. The van der Waals surface area contributed by atoms with Gasteiger partial charge in [-0.2, -0.15) is 0 Å². The number of nitrogens with zero attached hydrogens (tertiary/aromatic N) is 1. The number of rotatable bonds is 7. The highest BCUT2D eigenvalue weighted by Crippen LogP contribution is 2.31. The SMILES string of the molecule is CC(C)CNC(=O)c1cc(Nc2ccccc2Oc2ccccc2)ccn1. The molecular formula is C22H23N3O2. The highest BCUT2D eigenvalue weighted by atomic mass is 16.5. The van der Waals surface area contributed by atoms with Gasteiger partial charge in [0.15, 0.2) is 5.75 Å². The molecule has 138 valence electrons. The number of hydrogen-bond donors (Lipinski definition) is 2. The molecule has 0 unspecified atom stereocenters. The molecule has 3 aromatic rings. The number of ether oxygens (including phenoxy) is 1. The smallest absolute Gasteiger partial charge is 0.269 e. The molecule has 0 saturated carbocycles. The van der Waals surface area contributed by atoms with Gasteiger partial charge in [0.1, 0.15) is 11.4 Å². The van der Waals surface area contributed by atoms with Gasteiger partial charge in [-0.25, -0.2) is 0 Å². The number of hydrogen-bond acceptors (Lipinski definition) is 4. The van der Waals surface area contributed by atoms with E-state index in [1.165, 1.54) is 0 Å². The molecule has 0 aliphatic heterocycles. The number of carbonyl (C=O) groups excluding carboxylic acids is 1. The van der Waals surface area contributed by atoms with Crippen molar-refractivity contribution in [3.8, 4) is 11.5 Å². The molecule has 5 heteroatoms. The fraction of sp³-hybridized carbons (Fsp3) is 0.182. The fourth-order valence-corrected chi connectivity index (χ4v) is 2.45. The van der Waals surface area contributed by atoms with Crippen LogP contribution in [0.4, 0.5) is 11.4 Å². The van der Waals surface area contributed by atoms with Gasteiger partial charge in [0.05, 0.1) is 5.69 Å². The number of nitrogens with one attached hydrogen (secondary N) is 2. The second kappa shape index (κ2) is 8.85. The Balaban J connectivity index is 1.76. The van der Waals surface area contributed by atoms with E-state index in [0.717, 1.165) is 17.1 Å². The van der Waals surface area contributed by atoms with Gasteiger partial charge >= 0.3 is 0 Å². The second-order valence-electron chi connectivity index (χ2n) is 6.57. The highest BCUT2D eigenvalue weighted by Gasteiger charge is 2.10. The summed E-state index contributed by atoms with van der Waals surface area (Å²) in [6.07, 6.45) is 1.62. The van der Waals surface area contributed by atoms with Crippen LogP contribution in [0.2, 0.25) is 0 Å². The van der Waals surface area contributed by atoms with E-state index >= 15 is 0 Å². The van der Waals surface area contributed by atoms with Crippen LogP contribution in [0.25, 0.3) is 0 Å². The number of amides is 1. The van der Waals surface area contributed by atoms with E-state index < -0.39 is 0 Å². The van der Waals surface area contributed by atoms with Crippen LogP contribution in [0.1, 0.15) is 24.3 Å². The monoisotopic (exact) mass is 361 g/mol. The first kappa shape index (κ1) is 18.5. The lowest BCUT2D eigenvalue weighted by Crippen LogP contribution is -2.28. The molecule has 0 fully saturated rings. The first-order chi connectivity index (χ1) is 13.1. The molecular weight excluding hydrogens is 338 g/mol. The average molecular weight is 361 g/mol. The van der Waals surface area contributed by atoms with Crippen molar-refractivity contribution < 1.29 is 9.53 Å². The van der Waals surface area contributed by atoms with Crippen molar-refractivity contribution in [3.63, 3.8) is 0 Å². The zero-order valence-electron chi connectivity index (χ0n) is 15.5. The van der Waals surface area contributed by atoms with Crippen LogP contribution in [-0.2, 0) is 0 Å². The molecule has 0 aliphatic carbocycles. The van der Waals surface area contributed by atoms with Gasteiger partial charge in [0.25, 0.3) is 5.91 Å². The third-order valence-corrected chi connectivity index (χ3v) is 3.80. The summed E-state index contributed by atoms with van der Waals surface area (Å²) in [5.74, 6) is 1.67. The molecule has 2 aromatic carbocycles. The van der Waals surface area contributed by atoms with Crippen LogP contribution in [0.5, 0.6) is 11.5 Å². The number of carbonyl (C=O) groups is 1. The lowest BCUT2D eigenvalue weighted by molar-refractivity contribution is 0.0944. The van der Waals surface area contributed by atoms with Crippen molar-refractivity contribution >= 4 is 17.3 Å². The molecule has 3 rings (SSSR count). The molecule has 1 heterocycles. The first-order valence-electron chi connectivity index (χ1n) is 8.95. The predicted octanol–water partition coefficient (Wildman–Crippen LogP) is 5.00. The molecule has 0 radical (unpaired) electrons. The largest absolute Gasteiger partial charge is 0.455 e. The van der Waals surface area contributed by atoms with Crippen molar-refractivity contribution in [1.29, 1.82) is 0 Å². The van der Waals surface area contributed by atoms with E-state index in [0.29, 0.717) is 23.9 Å². The second-order valence-corrected chi connectivity index (χ2v) is 6.57. The van der Waals surface area contributed by atoms with Crippen LogP contribution < -0.4 is 15.4 Å². The van der Waals surface area contributed by atoms with E-state index in [4.69, 9.17) is 4.74 Å². The molecule has 0 saturated heterocycles. The standard InChI is InChI=1S/C22H23N3O2/c1-16(2)15-24-22(26)20-14-17(12-13-23-20)25-19-10-6-7-11-21(19)27-18-8-4-3-5-9-18/h3-14,16H,15H2,1-2H3,(H,23,25)(H,24,26). The summed E-state index contributed by atoms with van der Waals surface area (Å²) < 4.78 is 5.97. The van der Waals surface area contributed by atoms with Crippen molar-refractivity contribution in [2.24, 2.45) is 5.92 Å². The van der Waals surface area contributed by atoms with Crippen molar-refractivity contribution in [2.45, 2.75) is 13.8 Å². The predicted molar refractivity (Wildman–Crippen MR) is 108 cm³/mol. The van der Waals surface area contributed by atoms with Crippen molar-refractivity contribution in [3.05, 3.63) is 78.6 Å². The molecule has 2 N–H and O–H groups in total. The molecule has 1 amide bonds. The minimum absolute atomic E-state index is 0.179. The summed E-state index contributed by atoms with van der Waals surface area (Å²) in [5, 5.41) is 6.19. The minimum atomic E-state index is -0.179. The summed E-state index contributed by atoms with van der Waals surface area (Å²) in [5.41, 5.74) is 1.95. The number of benzene rings is 2. The molecule has 5 nitrogen and oxygen atoms in total. The Hall–Kier alpha value is -3.34. The third kappa shape index (κ3) is 5.31. The van der Waals surface area contributed by atoms with Gasteiger partial charge in [-0.15, -0.1) is 0 Å². The van der Waals surface area contributed by atoms with Gasteiger partial charge in [-0.1, -0.05) is 44.2 Å². The topological polar surface area (TPSA) is 63.2 Å². The maximum atomic E-state index is 12.2. The number of anilines is 2. The van der Waals surface area contributed by atoms with Crippen LogP contribution in [-0.4, -0.2) is 17.4 Å². The quantitative estimate of drug-likeness (QED) is 0.621. The average Bonchev–Trinajstić information content (AvgIpc) is 2.68. The highest BCUT2D eigenvalue weighted by molar-refractivity contribution is 5.93. The fourth-order valence-electron chi connectivity index (χ4n) is 2.45. The molecule has 0 spiro atoms. The lowest BCUT2D eigenvalue weighted by Gasteiger charge is -2.13. The number of para-hydroxylation sites is 3. The first-order valence-corrected chi connectivity index (χ1v) is 8.95. The minimum Gasteiger partial charge on any atom is -0.455 e. The van der Waals surface area contributed by atoms with Crippen LogP contribution in [0.3, 0.4) is 0 Å². The Morgan fingerprint density at radius 1 is 1.04 bits per heavy atom. The van der Waals surface area contributed by atoms with Gasteiger partial charge in [0, 0.05) is 18.4 Å². The summed E-state index contributed by atoms with van der Waals surface area (Å²) in [7, 11) is 0. The van der Waals surface area contributed by atoms with Gasteiger partial charge in [0.2, 0.25) is 0 Å². The van der Waals surface area contributed by atoms with Crippen LogP contribution in [0, 0.1) is 5.92 Å². The molecule has 0 aliphatic rings. The molecule has 0 atom stereocenters. The zero-order chi connectivity index (χ0) is 19.1. The van der Waals surface area contributed by atoms with Crippen molar-refractivity contribution in [2.75, 3.05) is 11.9 Å². The van der Waals surface area contributed by atoms with E-state index in [-0.39, 0.29) is 5.91 Å². The van der Waals surface area contributed by atoms with E-state index in [1.807, 2.05) is 60.7 Å². The van der Waals surface area contributed by atoms with Crippen molar-refractivity contribution in [1.82, 2.24) is 10.3 Å². The zero-order valence-corrected chi connectivity index (χ0v) is 15.5. The van der Waals surface area contributed by atoms with E-state index in [2.05, 4.69) is 29.5 Å². The summed E-state index contributed by atoms with van der Waals surface area (Å²) in [6.45, 7) is 4.72. The van der Waals surface area contributed by atoms with Gasteiger partial charge in [-0.3, -0.25) is 9.78 Å².